The number of morpholine rings is 1. The van der Waals surface area contributed by atoms with E-state index >= 15 is 0 Å². The first kappa shape index (κ1) is 10.1. The van der Waals surface area contributed by atoms with Crippen molar-refractivity contribution in [2.24, 2.45) is 0 Å². The van der Waals surface area contributed by atoms with Gasteiger partial charge in [0.2, 0.25) is 0 Å². The van der Waals surface area contributed by atoms with Gasteiger partial charge in [-0.2, -0.15) is 0 Å². The fourth-order valence-electron chi connectivity index (χ4n) is 1.60. The molecule has 2 unspecified atom stereocenters. The van der Waals surface area contributed by atoms with Gasteiger partial charge in [-0.15, -0.1) is 0 Å². The molecule has 1 saturated heterocycles. The highest BCUT2D eigenvalue weighted by atomic mass is 16.5. The number of aliphatic hydroxyl groups excluding tert-OH is 1. The first-order chi connectivity index (χ1) is 7.29. The van der Waals surface area contributed by atoms with Crippen molar-refractivity contribution in [2.45, 2.75) is 12.2 Å². The summed E-state index contributed by atoms with van der Waals surface area (Å²) < 4.78 is 5.24. The second kappa shape index (κ2) is 4.42. The highest BCUT2D eigenvalue weighted by molar-refractivity contribution is 5.82. The molecule has 1 aliphatic heterocycles. The van der Waals surface area contributed by atoms with Crippen LogP contribution in [0.4, 0.5) is 0 Å². The number of amides is 1. The van der Waals surface area contributed by atoms with E-state index in [-0.39, 0.29) is 5.91 Å². The van der Waals surface area contributed by atoms with Crippen molar-refractivity contribution in [1.29, 1.82) is 0 Å². The minimum absolute atomic E-state index is 0.252. The van der Waals surface area contributed by atoms with Gasteiger partial charge in [0.05, 0.1) is 6.61 Å². The molecule has 1 fully saturated rings. The Morgan fingerprint density at radius 2 is 2.13 bits per heavy atom. The van der Waals surface area contributed by atoms with Gasteiger partial charge in [-0.05, 0) is 5.56 Å². The summed E-state index contributed by atoms with van der Waals surface area (Å²) in [6.07, 6.45) is -1.69. The molecule has 0 spiro atoms. The van der Waals surface area contributed by atoms with Crippen molar-refractivity contribution in [1.82, 2.24) is 5.32 Å². The van der Waals surface area contributed by atoms with Crippen molar-refractivity contribution < 1.29 is 14.6 Å². The van der Waals surface area contributed by atoms with Gasteiger partial charge in [-0.1, -0.05) is 30.3 Å². The average Bonchev–Trinajstić information content (AvgIpc) is 2.30. The number of ether oxygens (including phenoxy) is 1. The third-order valence-corrected chi connectivity index (χ3v) is 2.38. The maximum absolute atomic E-state index is 11.4. The van der Waals surface area contributed by atoms with Crippen LogP contribution in [-0.4, -0.2) is 30.3 Å². The number of hydrogen-bond acceptors (Lipinski definition) is 3. The Hall–Kier alpha value is -1.39. The molecule has 0 bridgehead atoms. The smallest absolute Gasteiger partial charge is 0.252 e. The van der Waals surface area contributed by atoms with Crippen LogP contribution in [-0.2, 0) is 9.53 Å². The lowest BCUT2D eigenvalue weighted by Crippen LogP contribution is -2.47. The first-order valence-corrected chi connectivity index (χ1v) is 4.91. The number of carbonyl (C=O) groups excluding carboxylic acids is 1. The zero-order valence-electron chi connectivity index (χ0n) is 8.22. The summed E-state index contributed by atoms with van der Waals surface area (Å²) in [7, 11) is 0. The molecule has 1 aromatic rings. The zero-order valence-corrected chi connectivity index (χ0v) is 8.22. The summed E-state index contributed by atoms with van der Waals surface area (Å²) in [5.74, 6) is -0.252. The molecule has 1 aliphatic rings. The Kier molecular flexibility index (Phi) is 2.99. The third kappa shape index (κ3) is 2.16. The molecule has 0 radical (unpaired) electrons. The Morgan fingerprint density at radius 1 is 1.40 bits per heavy atom. The van der Waals surface area contributed by atoms with Gasteiger partial charge < -0.3 is 15.2 Å². The van der Waals surface area contributed by atoms with Gasteiger partial charge >= 0.3 is 0 Å². The van der Waals surface area contributed by atoms with E-state index in [1.165, 1.54) is 0 Å². The van der Waals surface area contributed by atoms with E-state index in [4.69, 9.17) is 4.74 Å². The lowest BCUT2D eigenvalue weighted by Gasteiger charge is -2.26. The van der Waals surface area contributed by atoms with Crippen LogP contribution in [0.2, 0.25) is 0 Å². The van der Waals surface area contributed by atoms with Crippen molar-refractivity contribution in [2.75, 3.05) is 13.2 Å². The molecular formula is C11H13NO3. The number of carbonyl (C=O) groups is 1. The van der Waals surface area contributed by atoms with E-state index in [0.29, 0.717) is 18.7 Å². The van der Waals surface area contributed by atoms with Crippen molar-refractivity contribution in [3.05, 3.63) is 35.9 Å². The average molecular weight is 207 g/mol. The SMILES string of the molecule is O=C1NCCOC1C(O)c1ccccc1. The summed E-state index contributed by atoms with van der Waals surface area (Å²) in [4.78, 5) is 11.4. The summed E-state index contributed by atoms with van der Waals surface area (Å²) in [5.41, 5.74) is 0.694. The molecule has 1 amide bonds. The van der Waals surface area contributed by atoms with Crippen molar-refractivity contribution >= 4 is 5.91 Å². The van der Waals surface area contributed by atoms with E-state index in [0.717, 1.165) is 0 Å². The Labute approximate surface area is 87.9 Å². The fraction of sp³-hybridized carbons (Fsp3) is 0.364. The summed E-state index contributed by atoms with van der Waals surface area (Å²) in [6, 6.07) is 9.04. The summed E-state index contributed by atoms with van der Waals surface area (Å²) >= 11 is 0. The second-order valence-corrected chi connectivity index (χ2v) is 3.44. The fourth-order valence-corrected chi connectivity index (χ4v) is 1.60. The van der Waals surface area contributed by atoms with Crippen LogP contribution >= 0.6 is 0 Å². The molecule has 15 heavy (non-hydrogen) atoms. The quantitative estimate of drug-likeness (QED) is 0.730. The lowest BCUT2D eigenvalue weighted by atomic mass is 10.0. The van der Waals surface area contributed by atoms with Gasteiger partial charge in [0.25, 0.3) is 5.91 Å². The molecule has 2 rings (SSSR count). The normalized spacial score (nSPS) is 23.3. The van der Waals surface area contributed by atoms with Gasteiger partial charge in [0.1, 0.15) is 6.10 Å². The number of nitrogens with one attached hydrogen (secondary N) is 1. The van der Waals surface area contributed by atoms with E-state index in [9.17, 15) is 9.90 Å². The Balaban J connectivity index is 2.13. The number of benzene rings is 1. The maximum atomic E-state index is 11.4. The molecule has 1 aromatic carbocycles. The standard InChI is InChI=1S/C11H13NO3/c13-9(8-4-2-1-3-5-8)10-11(14)12-6-7-15-10/h1-5,9-10,13H,6-7H2,(H,12,14). The van der Waals surface area contributed by atoms with Gasteiger partial charge in [-0.3, -0.25) is 4.79 Å². The number of hydrogen-bond donors (Lipinski definition) is 2. The topological polar surface area (TPSA) is 58.6 Å². The molecule has 2 N–H and O–H groups in total. The van der Waals surface area contributed by atoms with Crippen LogP contribution in [0.3, 0.4) is 0 Å². The molecule has 1 heterocycles. The highest BCUT2D eigenvalue weighted by Crippen LogP contribution is 2.20. The van der Waals surface area contributed by atoms with Crippen LogP contribution in [0.15, 0.2) is 30.3 Å². The molecular weight excluding hydrogens is 194 g/mol. The highest BCUT2D eigenvalue weighted by Gasteiger charge is 2.30. The van der Waals surface area contributed by atoms with Gasteiger partial charge in [-0.25, -0.2) is 0 Å². The van der Waals surface area contributed by atoms with Crippen LogP contribution in [0.5, 0.6) is 0 Å². The van der Waals surface area contributed by atoms with E-state index < -0.39 is 12.2 Å². The van der Waals surface area contributed by atoms with E-state index in [2.05, 4.69) is 5.32 Å². The van der Waals surface area contributed by atoms with Gasteiger partial charge in [0.15, 0.2) is 6.10 Å². The predicted molar refractivity (Wildman–Crippen MR) is 54.2 cm³/mol. The maximum Gasteiger partial charge on any atom is 0.252 e. The van der Waals surface area contributed by atoms with Crippen molar-refractivity contribution in [3.63, 3.8) is 0 Å². The molecule has 4 nitrogen and oxygen atoms in total. The third-order valence-electron chi connectivity index (χ3n) is 2.38. The minimum atomic E-state index is -0.897. The van der Waals surface area contributed by atoms with Crippen LogP contribution in [0, 0.1) is 0 Å². The summed E-state index contributed by atoms with van der Waals surface area (Å²) in [6.45, 7) is 0.955. The molecule has 4 heteroatoms. The monoisotopic (exact) mass is 207 g/mol. The molecule has 2 atom stereocenters. The second-order valence-electron chi connectivity index (χ2n) is 3.44. The Morgan fingerprint density at radius 3 is 2.80 bits per heavy atom. The molecule has 0 aliphatic carbocycles. The van der Waals surface area contributed by atoms with Crippen LogP contribution < -0.4 is 5.32 Å². The van der Waals surface area contributed by atoms with Gasteiger partial charge in [0, 0.05) is 6.54 Å². The minimum Gasteiger partial charge on any atom is -0.385 e. The number of aliphatic hydroxyl groups is 1. The number of rotatable bonds is 2. The predicted octanol–water partition coefficient (Wildman–Crippen LogP) is 0.235. The largest absolute Gasteiger partial charge is 0.385 e. The molecule has 0 saturated carbocycles. The molecule has 0 aromatic heterocycles. The van der Waals surface area contributed by atoms with E-state index in [1.54, 1.807) is 12.1 Å². The first-order valence-electron chi connectivity index (χ1n) is 4.91. The van der Waals surface area contributed by atoms with Crippen LogP contribution in [0.25, 0.3) is 0 Å². The van der Waals surface area contributed by atoms with Crippen LogP contribution in [0.1, 0.15) is 11.7 Å². The summed E-state index contributed by atoms with van der Waals surface area (Å²) in [5, 5.41) is 12.6. The van der Waals surface area contributed by atoms with E-state index in [1.807, 2.05) is 18.2 Å². The zero-order chi connectivity index (χ0) is 10.7. The Bertz CT molecular complexity index is 339. The lowest BCUT2D eigenvalue weighted by molar-refractivity contribution is -0.147. The molecule has 80 valence electrons. The van der Waals surface area contributed by atoms with Crippen molar-refractivity contribution in [3.8, 4) is 0 Å².